The Morgan fingerprint density at radius 2 is 1.80 bits per heavy atom. The van der Waals surface area contributed by atoms with E-state index >= 15 is 0 Å². The predicted octanol–water partition coefficient (Wildman–Crippen LogP) is 2.00. The van der Waals surface area contributed by atoms with Crippen LogP contribution in [0.5, 0.6) is 0 Å². The molecule has 4 heteroatoms. The smallest absolute Gasteiger partial charge is 0.311 e. The summed E-state index contributed by atoms with van der Waals surface area (Å²) in [5, 5.41) is 9.18. The van der Waals surface area contributed by atoms with Crippen LogP contribution in [0.15, 0.2) is 12.4 Å². The van der Waals surface area contributed by atoms with Crippen LogP contribution in [0.1, 0.15) is 38.1 Å². The van der Waals surface area contributed by atoms with E-state index < -0.39 is 11.9 Å². The lowest BCUT2D eigenvalue weighted by atomic mass is 9.77. The number of hydrogen-bond acceptors (Lipinski definition) is 3. The van der Waals surface area contributed by atoms with Gasteiger partial charge in [-0.3, -0.25) is 4.79 Å². The molecule has 0 aromatic carbocycles. The van der Waals surface area contributed by atoms with Crippen LogP contribution in [0, 0.1) is 12.3 Å². The zero-order valence-electron chi connectivity index (χ0n) is 9.48. The van der Waals surface area contributed by atoms with E-state index in [1.807, 2.05) is 20.8 Å². The van der Waals surface area contributed by atoms with Crippen molar-refractivity contribution in [2.75, 3.05) is 0 Å². The van der Waals surface area contributed by atoms with Crippen LogP contribution in [0.25, 0.3) is 0 Å². The lowest BCUT2D eigenvalue weighted by molar-refractivity contribution is -0.141. The van der Waals surface area contributed by atoms with E-state index in [9.17, 15) is 9.90 Å². The molecule has 1 aromatic rings. The fourth-order valence-corrected chi connectivity index (χ4v) is 1.56. The normalized spacial score (nSPS) is 13.6. The van der Waals surface area contributed by atoms with Gasteiger partial charge in [0.1, 0.15) is 5.82 Å². The summed E-state index contributed by atoms with van der Waals surface area (Å²) in [5.41, 5.74) is 0.311. The molecule has 0 unspecified atom stereocenters. The van der Waals surface area contributed by atoms with Gasteiger partial charge in [-0.05, 0) is 12.3 Å². The highest BCUT2D eigenvalue weighted by Crippen LogP contribution is 2.34. The van der Waals surface area contributed by atoms with Crippen molar-refractivity contribution < 1.29 is 9.90 Å². The number of aliphatic carboxylic acids is 1. The number of carboxylic acids is 1. The molecule has 0 aliphatic carbocycles. The molecule has 0 bridgehead atoms. The summed E-state index contributed by atoms with van der Waals surface area (Å²) in [7, 11) is 0. The van der Waals surface area contributed by atoms with Crippen molar-refractivity contribution in [3.8, 4) is 0 Å². The SMILES string of the molecule is Cc1ncc([C@@H](C(=O)O)C(C)(C)C)cn1. The average Bonchev–Trinajstić information content (AvgIpc) is 2.05. The third kappa shape index (κ3) is 2.75. The maximum Gasteiger partial charge on any atom is 0.311 e. The van der Waals surface area contributed by atoms with Crippen LogP contribution in [0.3, 0.4) is 0 Å². The second kappa shape index (κ2) is 3.96. The molecular formula is C11H16N2O2. The number of carbonyl (C=O) groups is 1. The number of carboxylic acid groups (broad SMARTS) is 1. The van der Waals surface area contributed by atoms with Crippen LogP contribution in [-0.2, 0) is 4.79 Å². The summed E-state index contributed by atoms with van der Waals surface area (Å²) in [5.74, 6) is -0.759. The van der Waals surface area contributed by atoms with Crippen molar-refractivity contribution in [2.45, 2.75) is 33.6 Å². The maximum atomic E-state index is 11.2. The monoisotopic (exact) mass is 208 g/mol. The van der Waals surface area contributed by atoms with Crippen molar-refractivity contribution in [2.24, 2.45) is 5.41 Å². The van der Waals surface area contributed by atoms with E-state index in [0.717, 1.165) is 0 Å². The first-order chi connectivity index (χ1) is 6.82. The molecule has 82 valence electrons. The van der Waals surface area contributed by atoms with Crippen molar-refractivity contribution in [3.63, 3.8) is 0 Å². The van der Waals surface area contributed by atoms with Crippen LogP contribution in [0.2, 0.25) is 0 Å². The molecule has 15 heavy (non-hydrogen) atoms. The average molecular weight is 208 g/mol. The van der Waals surface area contributed by atoms with E-state index in [-0.39, 0.29) is 5.41 Å². The zero-order valence-corrected chi connectivity index (χ0v) is 9.48. The van der Waals surface area contributed by atoms with Gasteiger partial charge in [0.25, 0.3) is 0 Å². The third-order valence-electron chi connectivity index (χ3n) is 2.25. The molecule has 1 atom stereocenters. The maximum absolute atomic E-state index is 11.2. The van der Waals surface area contributed by atoms with Gasteiger partial charge in [-0.2, -0.15) is 0 Å². The third-order valence-corrected chi connectivity index (χ3v) is 2.25. The lowest BCUT2D eigenvalue weighted by Crippen LogP contribution is -2.26. The molecule has 0 saturated heterocycles. The summed E-state index contributed by atoms with van der Waals surface area (Å²) in [6, 6.07) is 0. The van der Waals surface area contributed by atoms with E-state index in [0.29, 0.717) is 11.4 Å². The van der Waals surface area contributed by atoms with Crippen molar-refractivity contribution in [3.05, 3.63) is 23.8 Å². The minimum atomic E-state index is -0.838. The van der Waals surface area contributed by atoms with E-state index in [4.69, 9.17) is 0 Å². The Morgan fingerprint density at radius 1 is 1.33 bits per heavy atom. The molecule has 0 aliphatic heterocycles. The first kappa shape index (κ1) is 11.6. The molecule has 1 aromatic heterocycles. The minimum Gasteiger partial charge on any atom is -0.481 e. The standard InChI is InChI=1S/C11H16N2O2/c1-7-12-5-8(6-13-7)9(10(14)15)11(2,3)4/h5-6,9H,1-4H3,(H,14,15)/t9-/m0/s1. The number of aromatic nitrogens is 2. The van der Waals surface area contributed by atoms with Crippen molar-refractivity contribution >= 4 is 5.97 Å². The molecular weight excluding hydrogens is 192 g/mol. The van der Waals surface area contributed by atoms with E-state index in [1.165, 1.54) is 0 Å². The van der Waals surface area contributed by atoms with Crippen LogP contribution in [0.4, 0.5) is 0 Å². The van der Waals surface area contributed by atoms with Gasteiger partial charge < -0.3 is 5.11 Å². The van der Waals surface area contributed by atoms with Gasteiger partial charge in [-0.15, -0.1) is 0 Å². The Morgan fingerprint density at radius 3 is 2.13 bits per heavy atom. The second-order valence-corrected chi connectivity index (χ2v) is 4.70. The summed E-state index contributed by atoms with van der Waals surface area (Å²) in [6.07, 6.45) is 3.18. The molecule has 1 N–H and O–H groups in total. The molecule has 0 spiro atoms. The van der Waals surface area contributed by atoms with Gasteiger partial charge in [0.05, 0.1) is 5.92 Å². The van der Waals surface area contributed by atoms with Gasteiger partial charge in [0.15, 0.2) is 0 Å². The quantitative estimate of drug-likeness (QED) is 0.807. The molecule has 0 fully saturated rings. The molecule has 0 saturated carbocycles. The van der Waals surface area contributed by atoms with Gasteiger partial charge in [0, 0.05) is 18.0 Å². The first-order valence-corrected chi connectivity index (χ1v) is 4.83. The Kier molecular flexibility index (Phi) is 3.07. The fourth-order valence-electron chi connectivity index (χ4n) is 1.56. The molecule has 0 radical (unpaired) electrons. The zero-order chi connectivity index (χ0) is 11.6. The Balaban J connectivity index is 3.11. The van der Waals surface area contributed by atoms with Crippen LogP contribution >= 0.6 is 0 Å². The number of rotatable bonds is 2. The van der Waals surface area contributed by atoms with Crippen LogP contribution in [-0.4, -0.2) is 21.0 Å². The molecule has 0 amide bonds. The highest BCUT2D eigenvalue weighted by Gasteiger charge is 2.33. The minimum absolute atomic E-state index is 0.343. The summed E-state index contributed by atoms with van der Waals surface area (Å²) in [4.78, 5) is 19.2. The predicted molar refractivity (Wildman–Crippen MR) is 56.6 cm³/mol. The van der Waals surface area contributed by atoms with E-state index in [2.05, 4.69) is 9.97 Å². The number of nitrogens with zero attached hydrogens (tertiary/aromatic N) is 2. The number of aryl methyl sites for hydroxylation is 1. The molecule has 4 nitrogen and oxygen atoms in total. The fraction of sp³-hybridized carbons (Fsp3) is 0.545. The molecule has 0 aliphatic rings. The first-order valence-electron chi connectivity index (χ1n) is 4.83. The number of hydrogen-bond donors (Lipinski definition) is 1. The highest BCUT2D eigenvalue weighted by atomic mass is 16.4. The van der Waals surface area contributed by atoms with Crippen LogP contribution < -0.4 is 0 Å². The highest BCUT2D eigenvalue weighted by molar-refractivity contribution is 5.76. The second-order valence-electron chi connectivity index (χ2n) is 4.70. The summed E-state index contributed by atoms with van der Waals surface area (Å²) < 4.78 is 0. The lowest BCUT2D eigenvalue weighted by Gasteiger charge is -2.26. The van der Waals surface area contributed by atoms with Gasteiger partial charge in [0.2, 0.25) is 0 Å². The van der Waals surface area contributed by atoms with Gasteiger partial charge >= 0.3 is 5.97 Å². The van der Waals surface area contributed by atoms with Crippen molar-refractivity contribution in [1.29, 1.82) is 0 Å². The van der Waals surface area contributed by atoms with Gasteiger partial charge in [-0.25, -0.2) is 9.97 Å². The molecule has 1 heterocycles. The van der Waals surface area contributed by atoms with E-state index in [1.54, 1.807) is 19.3 Å². The molecule has 1 rings (SSSR count). The van der Waals surface area contributed by atoms with Gasteiger partial charge in [-0.1, -0.05) is 20.8 Å². The topological polar surface area (TPSA) is 63.1 Å². The Hall–Kier alpha value is -1.45. The van der Waals surface area contributed by atoms with Crippen molar-refractivity contribution in [1.82, 2.24) is 9.97 Å². The summed E-state index contributed by atoms with van der Waals surface area (Å²) >= 11 is 0. The Bertz CT molecular complexity index is 352. The summed E-state index contributed by atoms with van der Waals surface area (Å²) in [6.45, 7) is 7.46. The Labute approximate surface area is 89.4 Å². The largest absolute Gasteiger partial charge is 0.481 e.